The van der Waals surface area contributed by atoms with Crippen molar-refractivity contribution < 1.29 is 9.53 Å². The van der Waals surface area contributed by atoms with Crippen LogP contribution in [0, 0.1) is 6.92 Å². The van der Waals surface area contributed by atoms with Crippen LogP contribution in [-0.4, -0.2) is 56.7 Å². The minimum absolute atomic E-state index is 0. The molecule has 1 fully saturated rings. The number of nitrogens with one attached hydrogen (secondary N) is 2. The maximum atomic E-state index is 11.7. The van der Waals surface area contributed by atoms with Crippen molar-refractivity contribution in [1.29, 1.82) is 0 Å². The number of carbonyl (C=O) groups excluding carboxylic acids is 1. The van der Waals surface area contributed by atoms with Crippen LogP contribution in [0.1, 0.15) is 5.56 Å². The lowest BCUT2D eigenvalue weighted by Gasteiger charge is -2.27. The zero-order valence-electron chi connectivity index (χ0n) is 12.7. The molecule has 22 heavy (non-hydrogen) atoms. The van der Waals surface area contributed by atoms with E-state index in [1.54, 1.807) is 12.1 Å². The highest BCUT2D eigenvalue weighted by molar-refractivity contribution is 6.31. The Morgan fingerprint density at radius 2 is 2.14 bits per heavy atom. The molecule has 0 aromatic heterocycles. The van der Waals surface area contributed by atoms with Crippen LogP contribution in [0.3, 0.4) is 0 Å². The molecule has 0 radical (unpaired) electrons. The van der Waals surface area contributed by atoms with Crippen molar-refractivity contribution in [2.24, 2.45) is 0 Å². The van der Waals surface area contributed by atoms with Crippen LogP contribution in [0.5, 0.6) is 5.75 Å². The molecule has 124 valence electrons. The van der Waals surface area contributed by atoms with Gasteiger partial charge in [0.15, 0.2) is 6.61 Å². The summed E-state index contributed by atoms with van der Waals surface area (Å²) in [5, 5.41) is 6.87. The average Bonchev–Trinajstić information content (AvgIpc) is 2.49. The number of benzene rings is 1. The predicted octanol–water partition coefficient (Wildman–Crippen LogP) is 1.47. The van der Waals surface area contributed by atoms with Crippen molar-refractivity contribution in [3.63, 3.8) is 0 Å². The van der Waals surface area contributed by atoms with Crippen LogP contribution in [-0.2, 0) is 4.79 Å². The largest absolute Gasteiger partial charge is 0.484 e. The number of hydrogen-bond donors (Lipinski definition) is 2. The van der Waals surface area contributed by atoms with Gasteiger partial charge in [-0.3, -0.25) is 9.69 Å². The Balaban J connectivity index is 0.00000242. The third kappa shape index (κ3) is 6.40. The van der Waals surface area contributed by atoms with Gasteiger partial charge < -0.3 is 15.4 Å². The zero-order chi connectivity index (χ0) is 15.1. The SMILES string of the molecule is Cc1cc(OCC(=O)NCCN2CCNCC2)ccc1Cl.Cl. The number of piperazine rings is 1. The summed E-state index contributed by atoms with van der Waals surface area (Å²) in [6, 6.07) is 5.37. The second-order valence-electron chi connectivity index (χ2n) is 5.14. The van der Waals surface area contributed by atoms with Crippen molar-refractivity contribution in [3.8, 4) is 5.75 Å². The number of amides is 1. The highest BCUT2D eigenvalue weighted by Crippen LogP contribution is 2.20. The fourth-order valence-electron chi connectivity index (χ4n) is 2.20. The molecule has 1 aliphatic heterocycles. The second kappa shape index (κ2) is 9.90. The van der Waals surface area contributed by atoms with E-state index in [0.29, 0.717) is 17.3 Å². The summed E-state index contributed by atoms with van der Waals surface area (Å²) in [4.78, 5) is 14.1. The minimum Gasteiger partial charge on any atom is -0.484 e. The van der Waals surface area contributed by atoms with Crippen molar-refractivity contribution in [3.05, 3.63) is 28.8 Å². The monoisotopic (exact) mass is 347 g/mol. The molecule has 1 heterocycles. The number of rotatable bonds is 6. The highest BCUT2D eigenvalue weighted by atomic mass is 35.5. The van der Waals surface area contributed by atoms with Gasteiger partial charge in [0.2, 0.25) is 0 Å². The van der Waals surface area contributed by atoms with E-state index in [2.05, 4.69) is 15.5 Å². The lowest BCUT2D eigenvalue weighted by Crippen LogP contribution is -2.46. The Morgan fingerprint density at radius 1 is 1.41 bits per heavy atom. The smallest absolute Gasteiger partial charge is 0.257 e. The van der Waals surface area contributed by atoms with E-state index < -0.39 is 0 Å². The first kappa shape index (κ1) is 19.0. The summed E-state index contributed by atoms with van der Waals surface area (Å²) in [7, 11) is 0. The summed E-state index contributed by atoms with van der Waals surface area (Å²) in [5.41, 5.74) is 0.938. The molecule has 0 atom stereocenters. The van der Waals surface area contributed by atoms with Gasteiger partial charge in [-0.25, -0.2) is 0 Å². The summed E-state index contributed by atoms with van der Waals surface area (Å²) in [6.45, 7) is 7.59. The van der Waals surface area contributed by atoms with Gasteiger partial charge >= 0.3 is 0 Å². The van der Waals surface area contributed by atoms with Crippen molar-refractivity contribution in [1.82, 2.24) is 15.5 Å². The van der Waals surface area contributed by atoms with E-state index in [9.17, 15) is 4.79 Å². The van der Waals surface area contributed by atoms with Crippen LogP contribution >= 0.6 is 24.0 Å². The third-order valence-corrected chi connectivity index (χ3v) is 3.88. The summed E-state index contributed by atoms with van der Waals surface area (Å²) >= 11 is 5.94. The number of halogens is 2. The number of nitrogens with zero attached hydrogens (tertiary/aromatic N) is 1. The van der Waals surface area contributed by atoms with Crippen molar-refractivity contribution in [2.45, 2.75) is 6.92 Å². The van der Waals surface area contributed by atoms with Crippen molar-refractivity contribution in [2.75, 3.05) is 45.9 Å². The van der Waals surface area contributed by atoms with Gasteiger partial charge in [-0.05, 0) is 30.7 Å². The molecule has 1 amide bonds. The lowest BCUT2D eigenvalue weighted by molar-refractivity contribution is -0.123. The molecule has 0 unspecified atom stereocenters. The van der Waals surface area contributed by atoms with E-state index in [1.807, 2.05) is 13.0 Å². The van der Waals surface area contributed by atoms with Crippen molar-refractivity contribution >= 4 is 29.9 Å². The number of ether oxygens (including phenoxy) is 1. The van der Waals surface area contributed by atoms with Gasteiger partial charge in [-0.15, -0.1) is 12.4 Å². The Kier molecular flexibility index (Phi) is 8.56. The lowest BCUT2D eigenvalue weighted by atomic mass is 10.2. The first-order valence-corrected chi connectivity index (χ1v) is 7.61. The molecule has 1 aromatic carbocycles. The molecule has 0 bridgehead atoms. The third-order valence-electron chi connectivity index (χ3n) is 3.46. The Morgan fingerprint density at radius 3 is 2.82 bits per heavy atom. The molecule has 1 saturated heterocycles. The molecule has 5 nitrogen and oxygen atoms in total. The van der Waals surface area contributed by atoms with Gasteiger partial charge in [0.25, 0.3) is 5.91 Å². The summed E-state index contributed by atoms with van der Waals surface area (Å²) in [6.07, 6.45) is 0. The first-order valence-electron chi connectivity index (χ1n) is 7.24. The van der Waals surface area contributed by atoms with Crippen LogP contribution in [0.25, 0.3) is 0 Å². The Labute approximate surface area is 142 Å². The maximum Gasteiger partial charge on any atom is 0.257 e. The molecule has 7 heteroatoms. The normalized spacial score (nSPS) is 15.0. The summed E-state index contributed by atoms with van der Waals surface area (Å²) in [5.74, 6) is 0.562. The highest BCUT2D eigenvalue weighted by Gasteiger charge is 2.09. The average molecular weight is 348 g/mol. The van der Waals surface area contributed by atoms with Gasteiger partial charge in [-0.2, -0.15) is 0 Å². The summed E-state index contributed by atoms with van der Waals surface area (Å²) < 4.78 is 5.45. The molecule has 1 aliphatic rings. The first-order chi connectivity index (χ1) is 10.1. The van der Waals surface area contributed by atoms with Crippen LogP contribution in [0.15, 0.2) is 18.2 Å². The topological polar surface area (TPSA) is 53.6 Å². The molecule has 0 aliphatic carbocycles. The number of carbonyl (C=O) groups is 1. The maximum absolute atomic E-state index is 11.7. The zero-order valence-corrected chi connectivity index (χ0v) is 14.3. The van der Waals surface area contributed by atoms with Gasteiger partial charge in [-0.1, -0.05) is 11.6 Å². The molecule has 2 rings (SSSR count). The number of aryl methyl sites for hydroxylation is 1. The Bertz CT molecular complexity index is 480. The second-order valence-corrected chi connectivity index (χ2v) is 5.55. The van der Waals surface area contributed by atoms with E-state index in [1.165, 1.54) is 0 Å². The molecule has 0 spiro atoms. The van der Waals surface area contributed by atoms with Crippen LogP contribution < -0.4 is 15.4 Å². The van der Waals surface area contributed by atoms with Gasteiger partial charge in [0, 0.05) is 44.3 Å². The van der Waals surface area contributed by atoms with E-state index in [-0.39, 0.29) is 24.9 Å². The van der Waals surface area contributed by atoms with E-state index in [0.717, 1.165) is 38.3 Å². The Hall–Kier alpha value is -1.01. The fourth-order valence-corrected chi connectivity index (χ4v) is 2.31. The quantitative estimate of drug-likeness (QED) is 0.818. The molecule has 0 saturated carbocycles. The molecule has 1 aromatic rings. The van der Waals surface area contributed by atoms with E-state index >= 15 is 0 Å². The standard InChI is InChI=1S/C15H22ClN3O2.ClH/c1-12-10-13(2-3-14(12)16)21-11-15(20)18-6-9-19-7-4-17-5-8-19;/h2-3,10,17H,4-9,11H2,1H3,(H,18,20);1H. The van der Waals surface area contributed by atoms with Crippen LogP contribution in [0.4, 0.5) is 0 Å². The van der Waals surface area contributed by atoms with Crippen LogP contribution in [0.2, 0.25) is 5.02 Å². The molecule has 2 N–H and O–H groups in total. The van der Waals surface area contributed by atoms with E-state index in [4.69, 9.17) is 16.3 Å². The minimum atomic E-state index is -0.0993. The molecular formula is C15H23Cl2N3O2. The van der Waals surface area contributed by atoms with Gasteiger partial charge in [0.1, 0.15) is 5.75 Å². The fraction of sp³-hybridized carbons (Fsp3) is 0.533. The number of hydrogen-bond acceptors (Lipinski definition) is 4. The predicted molar refractivity (Wildman–Crippen MR) is 91.3 cm³/mol. The molecular weight excluding hydrogens is 325 g/mol. The van der Waals surface area contributed by atoms with Gasteiger partial charge in [0.05, 0.1) is 0 Å².